The zero-order valence-corrected chi connectivity index (χ0v) is 16.0. The molecule has 0 radical (unpaired) electrons. The van der Waals surface area contributed by atoms with E-state index < -0.39 is 28.9 Å². The number of nitrogens with one attached hydrogen (secondary N) is 1. The summed E-state index contributed by atoms with van der Waals surface area (Å²) in [5, 5.41) is 0. The minimum atomic E-state index is -3.93. The van der Waals surface area contributed by atoms with Crippen LogP contribution in [0.15, 0.2) is 53.4 Å². The maximum absolute atomic E-state index is 14.8. The largest absolute Gasteiger partial charge is 0.497 e. The van der Waals surface area contributed by atoms with Crippen molar-refractivity contribution in [2.45, 2.75) is 30.7 Å². The Bertz CT molecular complexity index is 794. The van der Waals surface area contributed by atoms with E-state index >= 15 is 0 Å². The molecule has 2 aromatic rings. The molecule has 0 heterocycles. The van der Waals surface area contributed by atoms with Crippen LogP contribution in [0.5, 0.6) is 5.75 Å². The number of ether oxygens (including phenoxy) is 2. The molecule has 0 aliphatic rings. The zero-order valence-electron chi connectivity index (χ0n) is 15.2. The summed E-state index contributed by atoms with van der Waals surface area (Å²) in [4.78, 5) is 12.1. The van der Waals surface area contributed by atoms with Crippen LogP contribution in [-0.2, 0) is 20.5 Å². The maximum atomic E-state index is 14.8. The van der Waals surface area contributed by atoms with Gasteiger partial charge in [-0.25, -0.2) is 13.7 Å². The normalized spacial score (nSPS) is 13.7. The molecule has 0 saturated heterocycles. The third-order valence-electron chi connectivity index (χ3n) is 3.82. The Labute approximate surface area is 159 Å². The Balaban J connectivity index is 2.37. The quantitative estimate of drug-likeness (QED) is 0.692. The first-order valence-electron chi connectivity index (χ1n) is 8.23. The number of alkyl halides is 2. The van der Waals surface area contributed by atoms with Crippen molar-refractivity contribution in [3.63, 3.8) is 0 Å². The molecule has 8 heteroatoms. The van der Waals surface area contributed by atoms with Gasteiger partial charge < -0.3 is 9.47 Å². The molecule has 0 bridgehead atoms. The van der Waals surface area contributed by atoms with Crippen molar-refractivity contribution < 1.29 is 27.3 Å². The Kier molecular flexibility index (Phi) is 7.04. The lowest BCUT2D eigenvalue weighted by atomic mass is 10.0. The van der Waals surface area contributed by atoms with Crippen molar-refractivity contribution in [2.24, 2.45) is 0 Å². The van der Waals surface area contributed by atoms with Gasteiger partial charge in [-0.2, -0.15) is 8.78 Å². The van der Waals surface area contributed by atoms with E-state index in [0.717, 1.165) is 5.56 Å². The predicted octanol–water partition coefficient (Wildman–Crippen LogP) is 3.56. The van der Waals surface area contributed by atoms with Gasteiger partial charge in [0.1, 0.15) is 22.8 Å². The zero-order chi connectivity index (χ0) is 20.0. The summed E-state index contributed by atoms with van der Waals surface area (Å²) in [7, 11) is -0.517. The number of carbonyl (C=O) groups excluding carboxylic acids is 1. The fourth-order valence-corrected chi connectivity index (χ4v) is 3.35. The fraction of sp³-hybridized carbons (Fsp3) is 0.316. The van der Waals surface area contributed by atoms with Crippen molar-refractivity contribution in [1.29, 1.82) is 0 Å². The highest BCUT2D eigenvalue weighted by Crippen LogP contribution is 2.34. The SMILES string of the molecule is CCOC(=O)C(F)(F)[C@@H](NS(=O)c1ccc(C)cc1)c1ccc(OC)cc1. The molecular formula is C19H21F2NO4S. The van der Waals surface area contributed by atoms with Gasteiger partial charge in [0.15, 0.2) is 0 Å². The van der Waals surface area contributed by atoms with Gasteiger partial charge in [-0.1, -0.05) is 29.8 Å². The molecule has 2 rings (SSSR count). The van der Waals surface area contributed by atoms with Crippen LogP contribution in [0.2, 0.25) is 0 Å². The van der Waals surface area contributed by atoms with E-state index in [4.69, 9.17) is 4.74 Å². The molecule has 0 aliphatic carbocycles. The van der Waals surface area contributed by atoms with Crippen LogP contribution >= 0.6 is 0 Å². The van der Waals surface area contributed by atoms with Crippen LogP contribution in [-0.4, -0.2) is 29.8 Å². The average Bonchev–Trinajstić information content (AvgIpc) is 2.66. The molecule has 2 atom stereocenters. The Hall–Kier alpha value is -2.32. The minimum Gasteiger partial charge on any atom is -0.497 e. The number of rotatable bonds is 8. The number of esters is 1. The number of hydrogen-bond acceptors (Lipinski definition) is 4. The standard InChI is InChI=1S/C19H21F2NO4S/c1-4-26-18(23)19(20,21)17(14-7-9-15(25-3)10-8-14)22-27(24)16-11-5-13(2)6-12-16/h5-12,17,22H,4H2,1-3H3/t17-,27?/m0/s1. The van der Waals surface area contributed by atoms with E-state index in [1.807, 2.05) is 6.92 Å². The third kappa shape index (κ3) is 5.11. The van der Waals surface area contributed by atoms with Crippen LogP contribution in [0.1, 0.15) is 24.1 Å². The lowest BCUT2D eigenvalue weighted by molar-refractivity contribution is -0.175. The lowest BCUT2D eigenvalue weighted by Crippen LogP contribution is -2.45. The second-order valence-electron chi connectivity index (χ2n) is 5.75. The van der Waals surface area contributed by atoms with Gasteiger partial charge in [-0.05, 0) is 43.7 Å². The molecule has 1 unspecified atom stereocenters. The number of aryl methyl sites for hydroxylation is 1. The Morgan fingerprint density at radius 2 is 1.74 bits per heavy atom. The molecule has 146 valence electrons. The minimum absolute atomic E-state index is 0.0781. The van der Waals surface area contributed by atoms with Gasteiger partial charge in [0, 0.05) is 0 Å². The highest BCUT2D eigenvalue weighted by atomic mass is 32.2. The highest BCUT2D eigenvalue weighted by molar-refractivity contribution is 7.83. The second kappa shape index (κ2) is 9.05. The Morgan fingerprint density at radius 3 is 2.26 bits per heavy atom. The molecule has 2 aromatic carbocycles. The van der Waals surface area contributed by atoms with Crippen LogP contribution in [0.25, 0.3) is 0 Å². The fourth-order valence-electron chi connectivity index (χ4n) is 2.33. The van der Waals surface area contributed by atoms with Gasteiger partial charge in [-0.15, -0.1) is 0 Å². The molecule has 0 amide bonds. The lowest BCUT2D eigenvalue weighted by Gasteiger charge is -2.26. The number of methoxy groups -OCH3 is 1. The monoisotopic (exact) mass is 397 g/mol. The summed E-state index contributed by atoms with van der Waals surface area (Å²) >= 11 is 0. The predicted molar refractivity (Wildman–Crippen MR) is 98.0 cm³/mol. The molecule has 0 aliphatic heterocycles. The molecule has 0 fully saturated rings. The van der Waals surface area contributed by atoms with Crippen molar-refractivity contribution in [3.05, 3.63) is 59.7 Å². The van der Waals surface area contributed by atoms with Gasteiger partial charge in [0.05, 0.1) is 18.6 Å². The molecule has 1 N–H and O–H groups in total. The van der Waals surface area contributed by atoms with E-state index in [9.17, 15) is 17.8 Å². The summed E-state index contributed by atoms with van der Waals surface area (Å²) in [5.41, 5.74) is 1.02. The van der Waals surface area contributed by atoms with Gasteiger partial charge >= 0.3 is 11.9 Å². The van der Waals surface area contributed by atoms with Crippen molar-refractivity contribution in [3.8, 4) is 5.75 Å². The summed E-state index contributed by atoms with van der Waals surface area (Å²) < 4.78 is 54.0. The number of hydrogen-bond donors (Lipinski definition) is 1. The smallest absolute Gasteiger partial charge is 0.379 e. The van der Waals surface area contributed by atoms with E-state index in [1.54, 1.807) is 24.3 Å². The van der Waals surface area contributed by atoms with Crippen LogP contribution in [0.4, 0.5) is 8.78 Å². The first-order chi connectivity index (χ1) is 12.8. The molecule has 5 nitrogen and oxygen atoms in total. The van der Waals surface area contributed by atoms with Crippen molar-refractivity contribution in [2.75, 3.05) is 13.7 Å². The van der Waals surface area contributed by atoms with Gasteiger partial charge in [-0.3, -0.25) is 0 Å². The third-order valence-corrected chi connectivity index (χ3v) is 4.97. The van der Waals surface area contributed by atoms with E-state index in [1.165, 1.54) is 38.3 Å². The molecule has 27 heavy (non-hydrogen) atoms. The summed E-state index contributed by atoms with van der Waals surface area (Å²) in [6.07, 6.45) is 0. The molecule has 0 spiro atoms. The van der Waals surface area contributed by atoms with Crippen molar-refractivity contribution >= 4 is 17.0 Å². The van der Waals surface area contributed by atoms with E-state index in [-0.39, 0.29) is 12.2 Å². The van der Waals surface area contributed by atoms with Crippen molar-refractivity contribution in [1.82, 2.24) is 4.72 Å². The van der Waals surface area contributed by atoms with Gasteiger partial charge in [0.2, 0.25) is 0 Å². The topological polar surface area (TPSA) is 64.6 Å². The number of carbonyl (C=O) groups is 1. The van der Waals surface area contributed by atoms with Crippen LogP contribution in [0, 0.1) is 6.92 Å². The number of halogens is 2. The summed E-state index contributed by atoms with van der Waals surface area (Å²) in [5.74, 6) is -5.14. The molecular weight excluding hydrogens is 376 g/mol. The molecule has 0 aromatic heterocycles. The second-order valence-corrected chi connectivity index (χ2v) is 6.99. The van der Waals surface area contributed by atoms with Crippen LogP contribution < -0.4 is 9.46 Å². The van der Waals surface area contributed by atoms with E-state index in [0.29, 0.717) is 10.6 Å². The summed E-state index contributed by atoms with van der Waals surface area (Å²) in [6.45, 7) is 3.11. The Morgan fingerprint density at radius 1 is 1.15 bits per heavy atom. The summed E-state index contributed by atoms with van der Waals surface area (Å²) in [6, 6.07) is 10.5. The average molecular weight is 397 g/mol. The first kappa shape index (κ1) is 21.0. The maximum Gasteiger partial charge on any atom is 0.379 e. The molecule has 0 saturated carbocycles. The van der Waals surface area contributed by atoms with Crippen LogP contribution in [0.3, 0.4) is 0 Å². The first-order valence-corrected chi connectivity index (χ1v) is 9.38. The highest BCUT2D eigenvalue weighted by Gasteiger charge is 2.50. The van der Waals surface area contributed by atoms with E-state index in [2.05, 4.69) is 9.46 Å². The number of benzene rings is 2. The van der Waals surface area contributed by atoms with Gasteiger partial charge in [0.25, 0.3) is 0 Å².